The topological polar surface area (TPSA) is 95.7 Å². The van der Waals surface area contributed by atoms with E-state index >= 15 is 0 Å². The molecule has 110 valence electrons. The van der Waals surface area contributed by atoms with E-state index in [9.17, 15) is 0 Å². The zero-order valence-corrected chi connectivity index (χ0v) is 12.7. The molecule has 7 nitrogen and oxygen atoms in total. The highest BCUT2D eigenvalue weighted by molar-refractivity contribution is 7.98. The summed E-state index contributed by atoms with van der Waals surface area (Å²) in [5.74, 6) is 2.83. The van der Waals surface area contributed by atoms with Crippen LogP contribution in [0.5, 0.6) is 0 Å². The number of thioether (sulfide) groups is 1. The van der Waals surface area contributed by atoms with Gasteiger partial charge in [-0.1, -0.05) is 30.8 Å². The van der Waals surface area contributed by atoms with E-state index in [0.29, 0.717) is 24.0 Å². The van der Waals surface area contributed by atoms with Crippen LogP contribution in [0.4, 0.5) is 0 Å². The SMILES string of the molecule is CCCc1nc(CSc2nnc(CN)n2CCC)no1. The number of aromatic nitrogens is 5. The smallest absolute Gasteiger partial charge is 0.226 e. The molecule has 0 saturated carbocycles. The van der Waals surface area contributed by atoms with Gasteiger partial charge in [0, 0.05) is 13.0 Å². The van der Waals surface area contributed by atoms with Crippen LogP contribution in [0, 0.1) is 0 Å². The Kier molecular flexibility index (Phi) is 5.54. The van der Waals surface area contributed by atoms with Crippen molar-refractivity contribution in [3.63, 3.8) is 0 Å². The van der Waals surface area contributed by atoms with Gasteiger partial charge in [-0.15, -0.1) is 10.2 Å². The molecule has 20 heavy (non-hydrogen) atoms. The molecular weight excluding hydrogens is 276 g/mol. The van der Waals surface area contributed by atoms with Crippen molar-refractivity contribution in [1.82, 2.24) is 24.9 Å². The zero-order chi connectivity index (χ0) is 14.4. The van der Waals surface area contributed by atoms with Gasteiger partial charge in [0.05, 0.1) is 12.3 Å². The van der Waals surface area contributed by atoms with Gasteiger partial charge in [0.25, 0.3) is 0 Å². The van der Waals surface area contributed by atoms with Crippen LogP contribution in [0.15, 0.2) is 9.68 Å². The standard InChI is InChI=1S/C12H20N6OS/c1-3-5-11-14-9(17-19-11)8-20-12-16-15-10(7-13)18(12)6-4-2/h3-8,13H2,1-2H3. The van der Waals surface area contributed by atoms with Gasteiger partial charge in [0.15, 0.2) is 11.0 Å². The van der Waals surface area contributed by atoms with Crippen LogP contribution >= 0.6 is 11.8 Å². The molecule has 2 N–H and O–H groups in total. The fourth-order valence-corrected chi connectivity index (χ4v) is 2.64. The van der Waals surface area contributed by atoms with Gasteiger partial charge in [-0.3, -0.25) is 0 Å². The minimum atomic E-state index is 0.399. The summed E-state index contributed by atoms with van der Waals surface area (Å²) in [6.45, 7) is 5.47. The van der Waals surface area contributed by atoms with Crippen molar-refractivity contribution in [2.24, 2.45) is 5.73 Å². The van der Waals surface area contributed by atoms with Gasteiger partial charge in [0.2, 0.25) is 5.89 Å². The molecule has 2 aromatic heterocycles. The predicted octanol–water partition coefficient (Wildman–Crippen LogP) is 1.77. The maximum absolute atomic E-state index is 5.67. The van der Waals surface area contributed by atoms with Crippen molar-refractivity contribution < 1.29 is 4.52 Å². The van der Waals surface area contributed by atoms with E-state index in [0.717, 1.165) is 36.8 Å². The Hall–Kier alpha value is -1.41. The summed E-state index contributed by atoms with van der Waals surface area (Å²) in [5.41, 5.74) is 5.67. The monoisotopic (exact) mass is 296 g/mol. The second-order valence-electron chi connectivity index (χ2n) is 4.40. The molecule has 0 radical (unpaired) electrons. The lowest BCUT2D eigenvalue weighted by Gasteiger charge is -2.06. The molecule has 0 amide bonds. The summed E-state index contributed by atoms with van der Waals surface area (Å²) in [6.07, 6.45) is 2.84. The first-order chi connectivity index (χ1) is 9.78. The largest absolute Gasteiger partial charge is 0.339 e. The molecule has 0 fully saturated rings. The summed E-state index contributed by atoms with van der Waals surface area (Å²) >= 11 is 1.56. The van der Waals surface area contributed by atoms with Crippen molar-refractivity contribution in [3.8, 4) is 0 Å². The molecule has 2 aromatic rings. The molecule has 0 unspecified atom stereocenters. The van der Waals surface area contributed by atoms with Crippen LogP contribution in [0.3, 0.4) is 0 Å². The third-order valence-corrected chi connectivity index (χ3v) is 3.69. The second kappa shape index (κ2) is 7.39. The third kappa shape index (κ3) is 3.57. The van der Waals surface area contributed by atoms with Crippen LogP contribution in [-0.2, 0) is 25.3 Å². The van der Waals surface area contributed by atoms with Gasteiger partial charge in [-0.05, 0) is 12.8 Å². The fourth-order valence-electron chi connectivity index (χ4n) is 1.82. The van der Waals surface area contributed by atoms with E-state index in [-0.39, 0.29) is 0 Å². The molecule has 8 heteroatoms. The summed E-state index contributed by atoms with van der Waals surface area (Å²) in [5, 5.41) is 13.1. The van der Waals surface area contributed by atoms with Gasteiger partial charge in [-0.25, -0.2) is 0 Å². The molecule has 2 heterocycles. The Bertz CT molecular complexity index is 538. The molecule has 0 spiro atoms. The molecule has 2 rings (SSSR count). The fraction of sp³-hybridized carbons (Fsp3) is 0.667. The lowest BCUT2D eigenvalue weighted by atomic mass is 10.3. The zero-order valence-electron chi connectivity index (χ0n) is 11.9. The number of nitrogens with two attached hydrogens (primary N) is 1. The Morgan fingerprint density at radius 3 is 2.80 bits per heavy atom. The van der Waals surface area contributed by atoms with Crippen molar-refractivity contribution in [1.29, 1.82) is 0 Å². The minimum Gasteiger partial charge on any atom is -0.339 e. The number of nitrogens with zero attached hydrogens (tertiary/aromatic N) is 5. The van der Waals surface area contributed by atoms with E-state index in [1.54, 1.807) is 11.8 Å². The minimum absolute atomic E-state index is 0.399. The number of aryl methyl sites for hydroxylation is 1. The quantitative estimate of drug-likeness (QED) is 0.742. The van der Waals surface area contributed by atoms with Gasteiger partial charge >= 0.3 is 0 Å². The first-order valence-electron chi connectivity index (χ1n) is 6.84. The molecule has 0 aliphatic carbocycles. The highest BCUT2D eigenvalue weighted by Crippen LogP contribution is 2.21. The molecule has 0 aliphatic heterocycles. The Labute approximate surface area is 122 Å². The first kappa shape index (κ1) is 15.0. The third-order valence-electron chi connectivity index (χ3n) is 2.73. The van der Waals surface area contributed by atoms with Gasteiger partial charge in [0.1, 0.15) is 5.82 Å². The lowest BCUT2D eigenvalue weighted by Crippen LogP contribution is -2.09. The first-order valence-corrected chi connectivity index (χ1v) is 7.83. The van der Waals surface area contributed by atoms with Crippen LogP contribution in [-0.4, -0.2) is 24.9 Å². The maximum atomic E-state index is 5.67. The highest BCUT2D eigenvalue weighted by Gasteiger charge is 2.13. The van der Waals surface area contributed by atoms with E-state index in [2.05, 4.69) is 38.8 Å². The van der Waals surface area contributed by atoms with Crippen molar-refractivity contribution >= 4 is 11.8 Å². The molecule has 0 bridgehead atoms. The average Bonchev–Trinajstić information content (AvgIpc) is 3.04. The number of hydrogen-bond acceptors (Lipinski definition) is 7. The Morgan fingerprint density at radius 1 is 1.25 bits per heavy atom. The molecule has 0 aromatic carbocycles. The van der Waals surface area contributed by atoms with Gasteiger partial charge < -0.3 is 14.8 Å². The van der Waals surface area contributed by atoms with E-state index < -0.39 is 0 Å². The second-order valence-corrected chi connectivity index (χ2v) is 5.34. The van der Waals surface area contributed by atoms with Gasteiger partial charge in [-0.2, -0.15) is 4.98 Å². The Balaban J connectivity index is 2.00. The highest BCUT2D eigenvalue weighted by atomic mass is 32.2. The summed E-state index contributed by atoms with van der Waals surface area (Å²) in [6, 6.07) is 0. The lowest BCUT2D eigenvalue weighted by molar-refractivity contribution is 0.373. The molecular formula is C12H20N6OS. The maximum Gasteiger partial charge on any atom is 0.226 e. The Morgan fingerprint density at radius 2 is 2.10 bits per heavy atom. The van der Waals surface area contributed by atoms with Crippen LogP contribution < -0.4 is 5.73 Å². The van der Waals surface area contributed by atoms with Crippen molar-refractivity contribution in [3.05, 3.63) is 17.5 Å². The van der Waals surface area contributed by atoms with Crippen LogP contribution in [0.1, 0.15) is 44.2 Å². The summed E-state index contributed by atoms with van der Waals surface area (Å²) in [4.78, 5) is 4.34. The summed E-state index contributed by atoms with van der Waals surface area (Å²) < 4.78 is 7.21. The summed E-state index contributed by atoms with van der Waals surface area (Å²) in [7, 11) is 0. The van der Waals surface area contributed by atoms with Crippen molar-refractivity contribution in [2.45, 2.75) is 57.1 Å². The number of hydrogen-bond donors (Lipinski definition) is 1. The van der Waals surface area contributed by atoms with Crippen LogP contribution in [0.25, 0.3) is 0 Å². The molecule has 0 atom stereocenters. The number of rotatable bonds is 8. The van der Waals surface area contributed by atoms with Crippen molar-refractivity contribution in [2.75, 3.05) is 0 Å². The van der Waals surface area contributed by atoms with E-state index in [1.165, 1.54) is 0 Å². The predicted molar refractivity (Wildman–Crippen MR) is 76.1 cm³/mol. The van der Waals surface area contributed by atoms with E-state index in [4.69, 9.17) is 10.3 Å². The normalized spacial score (nSPS) is 11.2. The average molecular weight is 296 g/mol. The molecule has 0 saturated heterocycles. The molecule has 0 aliphatic rings. The van der Waals surface area contributed by atoms with Crippen LogP contribution in [0.2, 0.25) is 0 Å². The van der Waals surface area contributed by atoms with E-state index in [1.807, 2.05) is 0 Å².